The molecule has 1 aromatic heterocycles. The Hall–Kier alpha value is -2.64. The molecule has 35 heavy (non-hydrogen) atoms. The van der Waals surface area contributed by atoms with Crippen LogP contribution >= 0.6 is 11.8 Å². The lowest BCUT2D eigenvalue weighted by Gasteiger charge is -2.36. The molecule has 1 aliphatic rings. The van der Waals surface area contributed by atoms with Gasteiger partial charge in [0.15, 0.2) is 0 Å². The van der Waals surface area contributed by atoms with Crippen LogP contribution in [0.4, 0.5) is 4.39 Å². The smallest absolute Gasteiger partial charge is 0.308 e. The molecule has 0 aliphatic carbocycles. The Bertz CT molecular complexity index is 1160. The van der Waals surface area contributed by atoms with Crippen LogP contribution in [0.15, 0.2) is 59.6 Å². The topological polar surface area (TPSA) is 62.7 Å². The van der Waals surface area contributed by atoms with Crippen molar-refractivity contribution in [3.8, 4) is 5.75 Å². The molecule has 1 fully saturated rings. The minimum absolute atomic E-state index is 0.0194. The van der Waals surface area contributed by atoms with E-state index in [1.807, 2.05) is 18.2 Å². The van der Waals surface area contributed by atoms with Crippen LogP contribution in [0.2, 0.25) is 0 Å². The highest BCUT2D eigenvalue weighted by molar-refractivity contribution is 7.99. The first-order valence-corrected chi connectivity index (χ1v) is 13.1. The van der Waals surface area contributed by atoms with Crippen LogP contribution in [0.3, 0.4) is 0 Å². The lowest BCUT2D eigenvalue weighted by Crippen LogP contribution is -2.44. The molecule has 2 heterocycles. The summed E-state index contributed by atoms with van der Waals surface area (Å²) in [6.07, 6.45) is 2.09. The number of thioether (sulfide) groups is 1. The fourth-order valence-electron chi connectivity index (χ4n) is 4.96. The van der Waals surface area contributed by atoms with E-state index < -0.39 is 18.1 Å². The number of aliphatic carboxylic acids is 1. The van der Waals surface area contributed by atoms with Crippen molar-refractivity contribution >= 4 is 28.6 Å². The molecular formula is C28H33FN2O3S. The normalized spacial score (nSPS) is 19.5. The van der Waals surface area contributed by atoms with Gasteiger partial charge in [0.2, 0.25) is 0 Å². The van der Waals surface area contributed by atoms with Gasteiger partial charge in [0.25, 0.3) is 0 Å². The van der Waals surface area contributed by atoms with E-state index in [2.05, 4.69) is 41.1 Å². The first-order chi connectivity index (χ1) is 16.9. The number of carbonyl (C=O) groups is 1. The van der Waals surface area contributed by atoms with Crippen molar-refractivity contribution in [3.63, 3.8) is 0 Å². The molecule has 3 atom stereocenters. The summed E-state index contributed by atoms with van der Waals surface area (Å²) in [6.45, 7) is 4.32. The van der Waals surface area contributed by atoms with Gasteiger partial charge in [0.1, 0.15) is 11.9 Å². The molecule has 186 valence electrons. The first-order valence-electron chi connectivity index (χ1n) is 12.2. The van der Waals surface area contributed by atoms with Crippen molar-refractivity contribution in [2.75, 3.05) is 32.5 Å². The van der Waals surface area contributed by atoms with E-state index in [1.165, 1.54) is 10.5 Å². The largest absolute Gasteiger partial charge is 0.497 e. The predicted molar refractivity (Wildman–Crippen MR) is 139 cm³/mol. The number of halogens is 1. The van der Waals surface area contributed by atoms with E-state index in [-0.39, 0.29) is 5.92 Å². The Morgan fingerprint density at radius 1 is 1.29 bits per heavy atom. The highest BCUT2D eigenvalue weighted by Gasteiger charge is 2.34. The standard InChI is InChI=1S/C28H33FN2O3S/c1-19-4-3-5-22(16-19)35-15-14-31-13-11-20(25(18-31)28(32)33)6-8-26(29)23-10-12-30-27-9-7-21(34-2)17-24(23)27/h3-5,7,9-10,12,16-17,20,25-26H,6,8,11,13-15,18H2,1-2H3,(H,32,33)/t20-,25+,26?/m1/s1. The number of nitrogens with zero attached hydrogens (tertiary/aromatic N) is 2. The zero-order valence-corrected chi connectivity index (χ0v) is 21.1. The van der Waals surface area contributed by atoms with Gasteiger partial charge in [0.05, 0.1) is 18.5 Å². The van der Waals surface area contributed by atoms with E-state index in [9.17, 15) is 9.90 Å². The van der Waals surface area contributed by atoms with Crippen LogP contribution in [0, 0.1) is 18.8 Å². The summed E-state index contributed by atoms with van der Waals surface area (Å²) >= 11 is 1.80. The highest BCUT2D eigenvalue weighted by atomic mass is 32.2. The second-order valence-corrected chi connectivity index (χ2v) is 10.5. The van der Waals surface area contributed by atoms with Crippen LogP contribution in [0.1, 0.15) is 36.6 Å². The zero-order chi connectivity index (χ0) is 24.8. The molecule has 5 nitrogen and oxygen atoms in total. The third-order valence-electron chi connectivity index (χ3n) is 6.93. The number of fused-ring (bicyclic) bond motifs is 1. The summed E-state index contributed by atoms with van der Waals surface area (Å²) in [5.41, 5.74) is 2.56. The molecule has 4 rings (SSSR count). The van der Waals surface area contributed by atoms with Crippen molar-refractivity contribution < 1.29 is 19.0 Å². The van der Waals surface area contributed by atoms with E-state index in [0.717, 1.165) is 36.2 Å². The van der Waals surface area contributed by atoms with Crippen molar-refractivity contribution in [1.29, 1.82) is 0 Å². The second kappa shape index (κ2) is 11.9. The Labute approximate surface area is 210 Å². The molecule has 3 aromatic rings. The molecule has 1 saturated heterocycles. The molecule has 0 spiro atoms. The maximum Gasteiger partial charge on any atom is 0.308 e. The summed E-state index contributed by atoms with van der Waals surface area (Å²) in [6, 6.07) is 15.6. The SMILES string of the molecule is COc1ccc2nccc(C(F)CC[C@@H]3CCN(CCSc4cccc(C)c4)C[C@@H]3C(=O)O)c2c1. The fraction of sp³-hybridized carbons (Fsp3) is 0.429. The molecule has 7 heteroatoms. The molecule has 0 saturated carbocycles. The van der Waals surface area contributed by atoms with Crippen molar-refractivity contribution in [2.45, 2.75) is 37.3 Å². The molecule has 0 bridgehead atoms. The number of methoxy groups -OCH3 is 1. The number of hydrogen-bond donors (Lipinski definition) is 1. The van der Waals surface area contributed by atoms with Gasteiger partial charge in [0, 0.05) is 35.3 Å². The summed E-state index contributed by atoms with van der Waals surface area (Å²) in [5.74, 6) is 0.327. The number of rotatable bonds is 10. The zero-order valence-electron chi connectivity index (χ0n) is 20.3. The number of aromatic nitrogens is 1. The Balaban J connectivity index is 1.33. The van der Waals surface area contributed by atoms with E-state index in [1.54, 1.807) is 31.1 Å². The first kappa shape index (κ1) is 25.5. The highest BCUT2D eigenvalue weighted by Crippen LogP contribution is 2.35. The molecule has 0 radical (unpaired) electrons. The van der Waals surface area contributed by atoms with Gasteiger partial charge in [-0.25, -0.2) is 4.39 Å². The Morgan fingerprint density at radius 2 is 2.14 bits per heavy atom. The predicted octanol–water partition coefficient (Wildman–Crippen LogP) is 6.16. The number of pyridine rings is 1. The number of likely N-dealkylation sites (tertiary alicyclic amines) is 1. The number of benzene rings is 2. The number of hydrogen-bond acceptors (Lipinski definition) is 5. The summed E-state index contributed by atoms with van der Waals surface area (Å²) < 4.78 is 20.7. The van der Waals surface area contributed by atoms with Gasteiger partial charge in [-0.3, -0.25) is 9.78 Å². The number of carboxylic acid groups (broad SMARTS) is 1. The minimum atomic E-state index is -1.18. The van der Waals surface area contributed by atoms with Crippen LogP contribution in [-0.4, -0.2) is 53.5 Å². The van der Waals surface area contributed by atoms with Crippen LogP contribution in [0.5, 0.6) is 5.75 Å². The van der Waals surface area contributed by atoms with Crippen molar-refractivity contribution in [2.24, 2.45) is 11.8 Å². The van der Waals surface area contributed by atoms with Gasteiger partial charge in [-0.2, -0.15) is 0 Å². The number of ether oxygens (including phenoxy) is 1. The maximum absolute atomic E-state index is 15.4. The second-order valence-electron chi connectivity index (χ2n) is 9.29. The lowest BCUT2D eigenvalue weighted by atomic mass is 9.81. The van der Waals surface area contributed by atoms with Gasteiger partial charge < -0.3 is 14.7 Å². The summed E-state index contributed by atoms with van der Waals surface area (Å²) in [7, 11) is 1.59. The number of piperidine rings is 1. The quantitative estimate of drug-likeness (QED) is 0.339. The molecule has 1 unspecified atom stereocenters. The average molecular weight is 497 g/mol. The van der Waals surface area contributed by atoms with Gasteiger partial charge >= 0.3 is 5.97 Å². The fourth-order valence-corrected chi connectivity index (χ4v) is 5.99. The summed E-state index contributed by atoms with van der Waals surface area (Å²) in [5, 5.41) is 10.6. The van der Waals surface area contributed by atoms with Crippen LogP contribution < -0.4 is 4.74 Å². The van der Waals surface area contributed by atoms with Crippen molar-refractivity contribution in [3.05, 3.63) is 65.9 Å². The van der Waals surface area contributed by atoms with E-state index in [4.69, 9.17) is 4.74 Å². The van der Waals surface area contributed by atoms with Crippen molar-refractivity contribution in [1.82, 2.24) is 9.88 Å². The molecule has 0 amide bonds. The monoisotopic (exact) mass is 496 g/mol. The number of aryl methyl sites for hydroxylation is 1. The van der Waals surface area contributed by atoms with E-state index in [0.29, 0.717) is 30.7 Å². The molecular weight excluding hydrogens is 463 g/mol. The summed E-state index contributed by atoms with van der Waals surface area (Å²) in [4.78, 5) is 19.9. The van der Waals surface area contributed by atoms with Crippen LogP contribution in [0.25, 0.3) is 10.9 Å². The molecule has 1 N–H and O–H groups in total. The van der Waals surface area contributed by atoms with E-state index >= 15 is 4.39 Å². The van der Waals surface area contributed by atoms with Crippen LogP contribution in [-0.2, 0) is 4.79 Å². The van der Waals surface area contributed by atoms with Gasteiger partial charge in [-0.15, -0.1) is 11.8 Å². The van der Waals surface area contributed by atoms with Gasteiger partial charge in [-0.05, 0) is 80.6 Å². The molecule has 2 aromatic carbocycles. The third-order valence-corrected chi connectivity index (χ3v) is 7.91. The molecule has 1 aliphatic heterocycles. The number of alkyl halides is 1. The Kier molecular flexibility index (Phi) is 8.63. The lowest BCUT2D eigenvalue weighted by molar-refractivity contribution is -0.146. The maximum atomic E-state index is 15.4. The van der Waals surface area contributed by atoms with Gasteiger partial charge in [-0.1, -0.05) is 17.7 Å². The average Bonchev–Trinajstić information content (AvgIpc) is 2.87. The third kappa shape index (κ3) is 6.53. The minimum Gasteiger partial charge on any atom is -0.497 e. The Morgan fingerprint density at radius 3 is 2.91 bits per heavy atom. The number of carboxylic acids is 1.